The first-order valence-corrected chi connectivity index (χ1v) is 12.9. The van der Waals surface area contributed by atoms with Crippen LogP contribution in [0.15, 0.2) is 46.1 Å². The van der Waals surface area contributed by atoms with Crippen LogP contribution in [0.4, 0.5) is 0 Å². The largest absolute Gasteiger partial charge is 0.462 e. The second kappa shape index (κ2) is 11.7. The second-order valence-electron chi connectivity index (χ2n) is 8.31. The number of aromatic nitrogens is 2. The van der Waals surface area contributed by atoms with Gasteiger partial charge in [-0.05, 0) is 39.8 Å². The van der Waals surface area contributed by atoms with E-state index in [1.807, 2.05) is 0 Å². The van der Waals surface area contributed by atoms with Crippen molar-refractivity contribution in [3.05, 3.63) is 62.9 Å². The highest BCUT2D eigenvalue weighted by molar-refractivity contribution is 7.52. The van der Waals surface area contributed by atoms with E-state index in [1.54, 1.807) is 32.0 Å². The Labute approximate surface area is 214 Å². The van der Waals surface area contributed by atoms with Crippen LogP contribution < -0.4 is 20.9 Å². The minimum absolute atomic E-state index is 0.0276. The Morgan fingerprint density at radius 3 is 2.64 bits per heavy atom. The molecule has 2 heterocycles. The van der Waals surface area contributed by atoms with E-state index in [2.05, 4.69) is 10.1 Å². The smallest absolute Gasteiger partial charge is 0.459 e. The Bertz CT molecular complexity index is 1310. The average molecular weight is 548 g/mol. The first-order valence-electron chi connectivity index (χ1n) is 12.0. The number of aliphatic hydroxyl groups is 1. The van der Waals surface area contributed by atoms with Crippen molar-refractivity contribution in [1.29, 1.82) is 0 Å². The molecule has 0 radical (unpaired) electrons. The number of aliphatic hydroxyl groups excluding tert-OH is 1. The third-order valence-corrected chi connectivity index (χ3v) is 6.90. The third-order valence-electron chi connectivity index (χ3n) is 4.93. The predicted octanol–water partition coefficient (Wildman–Crippen LogP) is 1.84. The number of aryl methyl sites for hydroxylation is 1. The van der Waals surface area contributed by atoms with Gasteiger partial charge in [-0.1, -0.05) is 18.2 Å². The number of carbonyl (C=O) groups excluding carboxylic acids is 1. The summed E-state index contributed by atoms with van der Waals surface area (Å²) in [5.74, 6) is -0.772. The molecule has 0 saturated carbocycles. The van der Waals surface area contributed by atoms with E-state index in [-0.39, 0.29) is 11.3 Å². The quantitative estimate of drug-likeness (QED) is 0.228. The lowest BCUT2D eigenvalue weighted by Gasteiger charge is -2.25. The average Bonchev–Trinajstić information content (AvgIpc) is 3.11. The molecule has 1 aliphatic heterocycles. The van der Waals surface area contributed by atoms with Crippen molar-refractivity contribution in [2.75, 3.05) is 6.56 Å². The number of para-hydroxylation sites is 1. The van der Waals surface area contributed by atoms with Crippen molar-refractivity contribution in [3.8, 4) is 5.75 Å². The number of rotatable bonds is 10. The highest BCUT2D eigenvalue weighted by atomic mass is 35.5. The van der Waals surface area contributed by atoms with Gasteiger partial charge in [0.2, 0.25) is 0 Å². The van der Waals surface area contributed by atoms with Crippen LogP contribution in [-0.2, 0) is 23.4 Å². The number of nitrogens with zero attached hydrogens (tertiary/aromatic N) is 1. The van der Waals surface area contributed by atoms with Crippen LogP contribution in [0.2, 0.25) is 0 Å². The molecule has 0 spiro atoms. The van der Waals surface area contributed by atoms with Gasteiger partial charge in [-0.15, -0.1) is 11.6 Å². The van der Waals surface area contributed by atoms with Crippen LogP contribution in [0, 0.1) is 6.92 Å². The first-order chi connectivity index (χ1) is 17.6. The molecule has 36 heavy (non-hydrogen) atoms. The topological polar surface area (TPSA) is 158 Å². The van der Waals surface area contributed by atoms with E-state index in [0.717, 1.165) is 10.8 Å². The van der Waals surface area contributed by atoms with E-state index in [1.165, 1.54) is 26.0 Å². The number of aromatic amines is 1. The maximum Gasteiger partial charge on any atom is 0.459 e. The van der Waals surface area contributed by atoms with E-state index in [4.69, 9.17) is 32.9 Å². The Hall–Kier alpha value is -2.47. The molecule has 14 heteroatoms. The molecule has 1 saturated heterocycles. The lowest BCUT2D eigenvalue weighted by molar-refractivity contribution is -0.149. The van der Waals surface area contributed by atoms with Gasteiger partial charge < -0.3 is 19.1 Å². The van der Waals surface area contributed by atoms with Gasteiger partial charge in [-0.3, -0.25) is 23.7 Å². The zero-order chi connectivity index (χ0) is 28.4. The molecule has 1 aromatic heterocycles. The lowest BCUT2D eigenvalue weighted by atomic mass is 10.2. The van der Waals surface area contributed by atoms with Gasteiger partial charge in [0.1, 0.15) is 29.4 Å². The summed E-state index contributed by atoms with van der Waals surface area (Å²) in [4.78, 5) is 38.5. The molecule has 0 aliphatic carbocycles. The molecule has 1 aromatic carbocycles. The first kappa shape index (κ1) is 25.2. The van der Waals surface area contributed by atoms with E-state index >= 15 is 0 Å². The Balaban J connectivity index is 1.90. The van der Waals surface area contributed by atoms with Crippen LogP contribution in [0.25, 0.3) is 0 Å². The summed E-state index contributed by atoms with van der Waals surface area (Å²) in [5, 5.41) is 11.7. The summed E-state index contributed by atoms with van der Waals surface area (Å²) < 4.78 is 53.0. The van der Waals surface area contributed by atoms with Gasteiger partial charge in [0.15, 0.2) is 6.23 Å². The van der Waals surface area contributed by atoms with E-state index < -0.39 is 67.5 Å². The Morgan fingerprint density at radius 1 is 1.33 bits per heavy atom. The monoisotopic (exact) mass is 547 g/mol. The lowest BCUT2D eigenvalue weighted by Crippen LogP contribution is -2.37. The molecule has 1 aliphatic rings. The zero-order valence-electron chi connectivity index (χ0n) is 21.9. The number of H-pyrrole nitrogens is 1. The number of benzene rings is 1. The molecule has 198 valence electrons. The highest BCUT2D eigenvalue weighted by Gasteiger charge is 2.45. The predicted molar refractivity (Wildman–Crippen MR) is 130 cm³/mol. The molecule has 6 atom stereocenters. The standard InChI is InChI=1S/C22H29ClN3O9P/c1-12(2)33-21(29)14(4)25-36(31,35-15-8-6-5-7-9-15)32-11-16-18(27)17(23)20(34-16)26-10-13(3)19(28)24-22(26)30/h5-10,12,14,16-18,20,27H,11H2,1-4H3,(H,25,31)(H,24,28,30)/t14-,16-,17+,18?,20-,36+/m0/s1/i11D2. The van der Waals surface area contributed by atoms with Crippen molar-refractivity contribution in [3.63, 3.8) is 0 Å². The maximum atomic E-state index is 13.8. The van der Waals surface area contributed by atoms with Crippen LogP contribution in [0.1, 0.15) is 35.3 Å². The fourth-order valence-corrected chi connectivity index (χ4v) is 4.85. The van der Waals surface area contributed by atoms with E-state index in [9.17, 15) is 24.1 Å². The number of hydrogen-bond acceptors (Lipinski definition) is 9. The van der Waals surface area contributed by atoms with Gasteiger partial charge in [0, 0.05) is 11.8 Å². The number of carbonyl (C=O) groups is 1. The molecule has 1 fully saturated rings. The van der Waals surface area contributed by atoms with Crippen molar-refractivity contribution in [1.82, 2.24) is 14.6 Å². The number of halogens is 1. The van der Waals surface area contributed by atoms with E-state index in [0.29, 0.717) is 0 Å². The number of alkyl halides is 1. The van der Waals surface area contributed by atoms with Crippen molar-refractivity contribution in [2.45, 2.75) is 63.7 Å². The molecule has 12 nitrogen and oxygen atoms in total. The molecule has 2 aromatic rings. The summed E-state index contributed by atoms with van der Waals surface area (Å²) in [6, 6.07) is 6.41. The minimum atomic E-state index is -4.71. The van der Waals surface area contributed by atoms with Crippen LogP contribution in [0.5, 0.6) is 5.75 Å². The molecular formula is C22H29ClN3O9P. The normalized spacial score (nSPS) is 25.5. The summed E-state index contributed by atoms with van der Waals surface area (Å²) in [7, 11) is -4.71. The molecular weight excluding hydrogens is 517 g/mol. The van der Waals surface area contributed by atoms with Crippen molar-refractivity contribution < 1.29 is 35.7 Å². The van der Waals surface area contributed by atoms with Crippen molar-refractivity contribution in [2.24, 2.45) is 0 Å². The van der Waals surface area contributed by atoms with Crippen LogP contribution >= 0.6 is 19.3 Å². The fraction of sp³-hybridized carbons (Fsp3) is 0.500. The van der Waals surface area contributed by atoms with Gasteiger partial charge >= 0.3 is 19.4 Å². The maximum absolute atomic E-state index is 13.8. The van der Waals surface area contributed by atoms with Gasteiger partial charge in [-0.25, -0.2) is 9.36 Å². The summed E-state index contributed by atoms with van der Waals surface area (Å²) in [6.07, 6.45) is -4.38. The molecule has 0 amide bonds. The SMILES string of the molecule is [2H]C([2H])(O[P@](=O)(N[C@@H](C)C(=O)OC(C)C)Oc1ccccc1)[C@@H]1O[C@H](n2cc(C)c(=O)[nH]c2=O)[C@H](Cl)C1O. The van der Waals surface area contributed by atoms with Gasteiger partial charge in [-0.2, -0.15) is 5.09 Å². The second-order valence-corrected chi connectivity index (χ2v) is 10.4. The molecule has 3 rings (SSSR count). The summed E-state index contributed by atoms with van der Waals surface area (Å²) >= 11 is 6.28. The fourth-order valence-electron chi connectivity index (χ4n) is 3.17. The third kappa shape index (κ3) is 6.84. The summed E-state index contributed by atoms with van der Waals surface area (Å²) in [6.45, 7) is 2.94. The Kier molecular flexibility index (Phi) is 8.20. The molecule has 0 bridgehead atoms. The minimum Gasteiger partial charge on any atom is -0.462 e. The molecule has 1 unspecified atom stereocenters. The molecule has 3 N–H and O–H groups in total. The zero-order valence-corrected chi connectivity index (χ0v) is 21.6. The Morgan fingerprint density at radius 2 is 2.00 bits per heavy atom. The number of nitrogens with one attached hydrogen (secondary N) is 2. The van der Waals surface area contributed by atoms with Crippen LogP contribution in [0.3, 0.4) is 0 Å². The number of ether oxygens (including phenoxy) is 2. The number of esters is 1. The summed E-state index contributed by atoms with van der Waals surface area (Å²) in [5.41, 5.74) is -1.40. The highest BCUT2D eigenvalue weighted by Crippen LogP contribution is 2.46. The van der Waals surface area contributed by atoms with Crippen LogP contribution in [-0.4, -0.2) is 56.9 Å². The number of hydrogen-bond donors (Lipinski definition) is 3. The van der Waals surface area contributed by atoms with Crippen molar-refractivity contribution >= 4 is 25.3 Å². The van der Waals surface area contributed by atoms with Gasteiger partial charge in [0.25, 0.3) is 5.56 Å². The van der Waals surface area contributed by atoms with Gasteiger partial charge in [0.05, 0.1) is 15.4 Å².